The van der Waals surface area contributed by atoms with E-state index in [1.54, 1.807) is 0 Å². The van der Waals surface area contributed by atoms with Crippen LogP contribution in [0.5, 0.6) is 0 Å². The SMILES string of the molecule is C=CC[Si](CC=C)(CC=C)C1CC(=O)N1. The van der Waals surface area contributed by atoms with Crippen molar-refractivity contribution < 1.29 is 4.79 Å². The van der Waals surface area contributed by atoms with Gasteiger partial charge in [-0.1, -0.05) is 18.2 Å². The van der Waals surface area contributed by atoms with Gasteiger partial charge in [-0.15, -0.1) is 19.7 Å². The zero-order valence-electron chi connectivity index (χ0n) is 9.17. The Kier molecular flexibility index (Phi) is 4.09. The van der Waals surface area contributed by atoms with Crippen molar-refractivity contribution in [1.29, 1.82) is 0 Å². The minimum atomic E-state index is -1.54. The van der Waals surface area contributed by atoms with Crippen LogP contribution in [0.2, 0.25) is 18.1 Å². The first kappa shape index (κ1) is 12.0. The second-order valence-corrected chi connectivity index (χ2v) is 8.81. The lowest BCUT2D eigenvalue weighted by atomic mass is 10.3. The summed E-state index contributed by atoms with van der Waals surface area (Å²) in [4.78, 5) is 11.0. The molecule has 1 aliphatic heterocycles. The number of hydrogen-bond acceptors (Lipinski definition) is 1. The molecule has 1 fully saturated rings. The van der Waals surface area contributed by atoms with Gasteiger partial charge in [-0.3, -0.25) is 4.79 Å². The van der Waals surface area contributed by atoms with Gasteiger partial charge in [0.1, 0.15) is 0 Å². The Morgan fingerprint density at radius 2 is 1.60 bits per heavy atom. The van der Waals surface area contributed by atoms with Crippen LogP contribution in [0.4, 0.5) is 0 Å². The Balaban J connectivity index is 2.79. The lowest BCUT2D eigenvalue weighted by Crippen LogP contribution is -2.64. The fourth-order valence-electron chi connectivity index (χ4n) is 2.27. The van der Waals surface area contributed by atoms with E-state index in [-0.39, 0.29) is 5.91 Å². The normalized spacial score (nSPS) is 20.0. The van der Waals surface area contributed by atoms with Gasteiger partial charge < -0.3 is 5.32 Å². The molecule has 1 rings (SSSR count). The zero-order valence-corrected chi connectivity index (χ0v) is 10.2. The van der Waals surface area contributed by atoms with E-state index in [0.717, 1.165) is 18.1 Å². The van der Waals surface area contributed by atoms with E-state index in [0.29, 0.717) is 12.1 Å². The molecule has 1 N–H and O–H groups in total. The molecule has 1 unspecified atom stereocenters. The third-order valence-corrected chi connectivity index (χ3v) is 8.25. The van der Waals surface area contributed by atoms with Crippen LogP contribution in [-0.4, -0.2) is 19.6 Å². The summed E-state index contributed by atoms with van der Waals surface area (Å²) >= 11 is 0. The Morgan fingerprint density at radius 1 is 1.20 bits per heavy atom. The van der Waals surface area contributed by atoms with Crippen LogP contribution in [0.25, 0.3) is 0 Å². The maximum atomic E-state index is 11.0. The second-order valence-electron chi connectivity index (χ2n) is 4.16. The minimum Gasteiger partial charge on any atom is -0.355 e. The monoisotopic (exact) mass is 221 g/mol. The number of β-lactam (4-membered cyclic amide) rings is 1. The molecule has 0 radical (unpaired) electrons. The Morgan fingerprint density at radius 3 is 1.87 bits per heavy atom. The summed E-state index contributed by atoms with van der Waals surface area (Å²) in [5, 5.41) is 3.02. The molecular weight excluding hydrogens is 202 g/mol. The van der Waals surface area contributed by atoms with Gasteiger partial charge in [0.2, 0.25) is 5.91 Å². The maximum absolute atomic E-state index is 11.0. The summed E-state index contributed by atoms with van der Waals surface area (Å²) < 4.78 is 0. The molecular formula is C12H19NOSi. The predicted octanol–water partition coefficient (Wildman–Crippen LogP) is 2.42. The van der Waals surface area contributed by atoms with Crippen molar-refractivity contribution in [1.82, 2.24) is 5.32 Å². The van der Waals surface area contributed by atoms with Crippen LogP contribution in [0.15, 0.2) is 38.0 Å². The van der Waals surface area contributed by atoms with Crippen LogP contribution in [0.1, 0.15) is 6.42 Å². The number of nitrogens with one attached hydrogen (secondary N) is 1. The van der Waals surface area contributed by atoms with Gasteiger partial charge in [-0.05, 0) is 18.1 Å². The van der Waals surface area contributed by atoms with Gasteiger partial charge in [-0.25, -0.2) is 0 Å². The lowest BCUT2D eigenvalue weighted by Gasteiger charge is -2.42. The Bertz CT molecular complexity index is 251. The van der Waals surface area contributed by atoms with Gasteiger partial charge in [0.25, 0.3) is 0 Å². The van der Waals surface area contributed by atoms with Crippen molar-refractivity contribution in [3.8, 4) is 0 Å². The highest BCUT2D eigenvalue weighted by molar-refractivity contribution is 6.83. The van der Waals surface area contributed by atoms with E-state index in [2.05, 4.69) is 25.1 Å². The van der Waals surface area contributed by atoms with Crippen LogP contribution in [0.3, 0.4) is 0 Å². The fourth-order valence-corrected chi connectivity index (χ4v) is 6.43. The topological polar surface area (TPSA) is 29.1 Å². The van der Waals surface area contributed by atoms with E-state index >= 15 is 0 Å². The summed E-state index contributed by atoms with van der Waals surface area (Å²) in [6.07, 6.45) is 6.61. The van der Waals surface area contributed by atoms with Crippen LogP contribution >= 0.6 is 0 Å². The molecule has 1 heterocycles. The maximum Gasteiger partial charge on any atom is 0.221 e. The van der Waals surface area contributed by atoms with E-state index in [9.17, 15) is 4.79 Å². The molecule has 2 nitrogen and oxygen atoms in total. The predicted molar refractivity (Wildman–Crippen MR) is 67.3 cm³/mol. The van der Waals surface area contributed by atoms with Crippen molar-refractivity contribution in [2.24, 2.45) is 0 Å². The average Bonchev–Trinajstić information content (AvgIpc) is 2.14. The first-order valence-corrected chi connectivity index (χ1v) is 8.00. The number of rotatable bonds is 7. The fraction of sp³-hybridized carbons (Fsp3) is 0.417. The molecule has 3 heteroatoms. The molecule has 1 saturated heterocycles. The number of hydrogen-bond donors (Lipinski definition) is 1. The van der Waals surface area contributed by atoms with Crippen molar-refractivity contribution in [3.05, 3.63) is 38.0 Å². The third kappa shape index (κ3) is 2.48. The van der Waals surface area contributed by atoms with Gasteiger partial charge in [0.15, 0.2) is 0 Å². The van der Waals surface area contributed by atoms with Crippen molar-refractivity contribution in [3.63, 3.8) is 0 Å². The van der Waals surface area contributed by atoms with Crippen LogP contribution < -0.4 is 5.32 Å². The van der Waals surface area contributed by atoms with E-state index in [1.165, 1.54) is 0 Å². The highest BCUT2D eigenvalue weighted by atomic mass is 28.3. The third-order valence-electron chi connectivity index (χ3n) is 3.12. The quantitative estimate of drug-likeness (QED) is 0.399. The molecule has 1 aliphatic rings. The second kappa shape index (κ2) is 5.12. The van der Waals surface area contributed by atoms with Crippen LogP contribution in [0, 0.1) is 0 Å². The molecule has 15 heavy (non-hydrogen) atoms. The van der Waals surface area contributed by atoms with E-state index < -0.39 is 8.07 Å². The first-order chi connectivity index (χ1) is 7.18. The summed E-state index contributed by atoms with van der Waals surface area (Å²) in [5.41, 5.74) is 0.388. The Labute approximate surface area is 92.8 Å². The molecule has 0 aromatic carbocycles. The highest BCUT2D eigenvalue weighted by Crippen LogP contribution is 2.31. The minimum absolute atomic E-state index is 0.175. The standard InChI is InChI=1S/C12H19NOSi/c1-4-7-15(8-5-2,9-6-3)12-10-11(14)13-12/h4-6,12H,1-3,7-10H2,(H,13,14). The van der Waals surface area contributed by atoms with Gasteiger partial charge in [0, 0.05) is 12.1 Å². The van der Waals surface area contributed by atoms with Crippen molar-refractivity contribution in [2.45, 2.75) is 30.2 Å². The zero-order chi connectivity index (χ0) is 11.3. The largest absolute Gasteiger partial charge is 0.355 e. The molecule has 0 saturated carbocycles. The van der Waals surface area contributed by atoms with Gasteiger partial charge in [0.05, 0.1) is 8.07 Å². The van der Waals surface area contributed by atoms with Crippen molar-refractivity contribution >= 4 is 14.0 Å². The number of carbonyl (C=O) groups is 1. The molecule has 0 aromatic heterocycles. The summed E-state index contributed by atoms with van der Waals surface area (Å²) in [6.45, 7) is 11.5. The smallest absolute Gasteiger partial charge is 0.221 e. The molecule has 0 spiro atoms. The van der Waals surface area contributed by atoms with Crippen LogP contribution in [-0.2, 0) is 4.79 Å². The first-order valence-electron chi connectivity index (χ1n) is 5.30. The van der Waals surface area contributed by atoms with E-state index in [4.69, 9.17) is 0 Å². The molecule has 0 bridgehead atoms. The molecule has 1 amide bonds. The molecule has 0 aromatic rings. The van der Waals surface area contributed by atoms with Gasteiger partial charge in [-0.2, -0.15) is 0 Å². The van der Waals surface area contributed by atoms with Gasteiger partial charge >= 0.3 is 0 Å². The summed E-state index contributed by atoms with van der Waals surface area (Å²) in [7, 11) is -1.54. The van der Waals surface area contributed by atoms with E-state index in [1.807, 2.05) is 18.2 Å². The molecule has 1 atom stereocenters. The summed E-state index contributed by atoms with van der Waals surface area (Å²) in [5.74, 6) is 0.175. The summed E-state index contributed by atoms with van der Waals surface area (Å²) in [6, 6.07) is 3.07. The highest BCUT2D eigenvalue weighted by Gasteiger charge is 2.44. The molecule has 0 aliphatic carbocycles. The lowest BCUT2D eigenvalue weighted by molar-refractivity contribution is -0.126. The van der Waals surface area contributed by atoms with Crippen molar-refractivity contribution in [2.75, 3.05) is 0 Å². The average molecular weight is 221 g/mol. The number of carbonyl (C=O) groups excluding carboxylic acids is 1. The number of allylic oxidation sites excluding steroid dienone is 3. The Hall–Kier alpha value is -1.09. The number of amides is 1. The molecule has 82 valence electrons.